The van der Waals surface area contributed by atoms with Crippen LogP contribution in [0, 0.1) is 0 Å². The van der Waals surface area contributed by atoms with Crippen molar-refractivity contribution in [1.29, 1.82) is 0 Å². The Morgan fingerprint density at radius 2 is 2.57 bits per heavy atom. The van der Waals surface area contributed by atoms with Gasteiger partial charge in [0.25, 0.3) is 0 Å². The highest BCUT2D eigenvalue weighted by Gasteiger charge is 1.85. The lowest BCUT2D eigenvalue weighted by atomic mass is 10.8. The molecule has 0 aromatic carbocycles. The first kappa shape index (κ1) is 5.18. The van der Waals surface area contributed by atoms with Crippen LogP contribution in [0.1, 0.15) is 0 Å². The van der Waals surface area contributed by atoms with Crippen molar-refractivity contribution < 1.29 is 0 Å². The molecule has 4 heteroatoms. The van der Waals surface area contributed by atoms with Gasteiger partial charge < -0.3 is 0 Å². The van der Waals surface area contributed by atoms with E-state index in [-0.39, 0.29) is 0 Å². The summed E-state index contributed by atoms with van der Waals surface area (Å²) >= 11 is 7.03. The van der Waals surface area contributed by atoms with E-state index in [9.17, 15) is 0 Å². The summed E-state index contributed by atoms with van der Waals surface area (Å²) in [6, 6.07) is 1.81. The van der Waals surface area contributed by atoms with Gasteiger partial charge in [-0.25, -0.2) is 4.09 Å². The molecule has 0 aliphatic carbocycles. The van der Waals surface area contributed by atoms with Crippen LogP contribution in [-0.2, 0) is 0 Å². The standard InChI is InChI=1S/C3H3BrN2S/c4-3-1-2-6(7)5-3/h1-2,7H. The molecule has 0 amide bonds. The topological polar surface area (TPSA) is 17.8 Å². The molecular formula is C3H3BrN2S. The maximum absolute atomic E-state index is 3.88. The first-order valence-corrected chi connectivity index (χ1v) is 2.89. The number of rotatable bonds is 0. The predicted molar refractivity (Wildman–Crippen MR) is 34.3 cm³/mol. The second-order valence-corrected chi connectivity index (χ2v) is 2.28. The van der Waals surface area contributed by atoms with Crippen molar-refractivity contribution >= 4 is 28.7 Å². The Morgan fingerprint density at radius 1 is 1.86 bits per heavy atom. The fourth-order valence-electron chi connectivity index (χ4n) is 0.293. The molecule has 0 aliphatic heterocycles. The summed E-state index contributed by atoms with van der Waals surface area (Å²) in [5.41, 5.74) is 0. The second-order valence-electron chi connectivity index (χ2n) is 1.06. The molecule has 0 spiro atoms. The van der Waals surface area contributed by atoms with Crippen LogP contribution in [0.4, 0.5) is 0 Å². The van der Waals surface area contributed by atoms with Crippen molar-refractivity contribution in [3.8, 4) is 0 Å². The Balaban J connectivity index is 3.04. The normalized spacial score (nSPS) is 9.43. The van der Waals surface area contributed by atoms with E-state index in [1.807, 2.05) is 6.07 Å². The zero-order valence-electron chi connectivity index (χ0n) is 3.37. The fraction of sp³-hybridized carbons (Fsp3) is 0. The summed E-state index contributed by atoms with van der Waals surface area (Å²) in [4.78, 5) is 0. The molecule has 0 unspecified atom stereocenters. The van der Waals surface area contributed by atoms with Gasteiger partial charge in [0, 0.05) is 6.20 Å². The number of aromatic nitrogens is 2. The van der Waals surface area contributed by atoms with Crippen LogP contribution < -0.4 is 0 Å². The van der Waals surface area contributed by atoms with Gasteiger partial charge in [0.05, 0.1) is 0 Å². The second kappa shape index (κ2) is 1.88. The van der Waals surface area contributed by atoms with Crippen molar-refractivity contribution in [1.82, 2.24) is 9.19 Å². The summed E-state index contributed by atoms with van der Waals surface area (Å²) in [5.74, 6) is 0. The van der Waals surface area contributed by atoms with Crippen LogP contribution >= 0.6 is 28.7 Å². The third-order valence-electron chi connectivity index (χ3n) is 0.543. The lowest BCUT2D eigenvalue weighted by Crippen LogP contribution is -1.75. The van der Waals surface area contributed by atoms with Crippen LogP contribution in [0.2, 0.25) is 0 Å². The van der Waals surface area contributed by atoms with Crippen molar-refractivity contribution in [3.05, 3.63) is 16.9 Å². The number of hydrogen-bond donors (Lipinski definition) is 1. The molecular weight excluding hydrogens is 176 g/mol. The van der Waals surface area contributed by atoms with Gasteiger partial charge in [-0.05, 0) is 34.8 Å². The van der Waals surface area contributed by atoms with E-state index >= 15 is 0 Å². The Bertz CT molecular complexity index is 145. The Kier molecular flexibility index (Phi) is 1.39. The molecule has 1 rings (SSSR count). The summed E-state index contributed by atoms with van der Waals surface area (Å²) in [6.45, 7) is 0. The maximum atomic E-state index is 3.88. The van der Waals surface area contributed by atoms with Gasteiger partial charge in [-0.2, -0.15) is 5.10 Å². The molecule has 7 heavy (non-hydrogen) atoms. The molecule has 0 N–H and O–H groups in total. The van der Waals surface area contributed by atoms with Gasteiger partial charge >= 0.3 is 0 Å². The first-order valence-electron chi connectivity index (χ1n) is 1.69. The van der Waals surface area contributed by atoms with Gasteiger partial charge in [0.2, 0.25) is 0 Å². The summed E-state index contributed by atoms with van der Waals surface area (Å²) in [7, 11) is 0. The quantitative estimate of drug-likeness (QED) is 0.595. The summed E-state index contributed by atoms with van der Waals surface area (Å²) in [6.07, 6.45) is 1.74. The fourth-order valence-corrected chi connectivity index (χ4v) is 0.867. The maximum Gasteiger partial charge on any atom is 0.129 e. The highest BCUT2D eigenvalue weighted by Crippen LogP contribution is 2.03. The number of hydrogen-bond acceptors (Lipinski definition) is 2. The Labute approximate surface area is 55.2 Å². The van der Waals surface area contributed by atoms with Crippen LogP contribution in [0.25, 0.3) is 0 Å². The van der Waals surface area contributed by atoms with E-state index in [2.05, 4.69) is 33.8 Å². The molecule has 1 heterocycles. The molecule has 0 saturated carbocycles. The van der Waals surface area contributed by atoms with Gasteiger partial charge in [-0.1, -0.05) is 0 Å². The molecule has 1 aromatic heterocycles. The zero-order chi connectivity index (χ0) is 5.28. The zero-order valence-corrected chi connectivity index (χ0v) is 5.85. The average molecular weight is 179 g/mol. The number of halogens is 1. The minimum Gasteiger partial charge on any atom is -0.216 e. The van der Waals surface area contributed by atoms with Gasteiger partial charge in [0.1, 0.15) is 4.60 Å². The van der Waals surface area contributed by atoms with E-state index in [4.69, 9.17) is 0 Å². The molecule has 1 aromatic rings. The molecule has 0 atom stereocenters. The van der Waals surface area contributed by atoms with Crippen LogP contribution in [0.3, 0.4) is 0 Å². The Morgan fingerprint density at radius 3 is 2.71 bits per heavy atom. The van der Waals surface area contributed by atoms with Crippen molar-refractivity contribution in [2.24, 2.45) is 0 Å². The highest BCUT2D eigenvalue weighted by atomic mass is 79.9. The molecule has 38 valence electrons. The predicted octanol–water partition coefficient (Wildman–Crippen LogP) is 1.34. The van der Waals surface area contributed by atoms with Crippen molar-refractivity contribution in [3.63, 3.8) is 0 Å². The molecule has 0 saturated heterocycles. The smallest absolute Gasteiger partial charge is 0.129 e. The van der Waals surface area contributed by atoms with Gasteiger partial charge in [-0.15, -0.1) is 0 Å². The molecule has 0 fully saturated rings. The van der Waals surface area contributed by atoms with E-state index in [0.29, 0.717) is 0 Å². The monoisotopic (exact) mass is 178 g/mol. The third-order valence-corrected chi connectivity index (χ3v) is 1.19. The van der Waals surface area contributed by atoms with E-state index in [1.54, 1.807) is 6.20 Å². The van der Waals surface area contributed by atoms with Crippen LogP contribution in [0.15, 0.2) is 16.9 Å². The summed E-state index contributed by atoms with van der Waals surface area (Å²) in [5, 5.41) is 3.81. The minimum atomic E-state index is 0.808. The van der Waals surface area contributed by atoms with E-state index in [1.165, 1.54) is 4.09 Å². The van der Waals surface area contributed by atoms with Gasteiger partial charge in [-0.3, -0.25) is 0 Å². The molecule has 0 aliphatic rings. The van der Waals surface area contributed by atoms with Crippen LogP contribution in [-0.4, -0.2) is 9.19 Å². The third kappa shape index (κ3) is 1.21. The first-order chi connectivity index (χ1) is 3.29. The SMILES string of the molecule is Sn1ccc(Br)n1. The van der Waals surface area contributed by atoms with E-state index < -0.39 is 0 Å². The van der Waals surface area contributed by atoms with Crippen LogP contribution in [0.5, 0.6) is 0 Å². The molecule has 0 radical (unpaired) electrons. The highest BCUT2D eigenvalue weighted by molar-refractivity contribution is 9.10. The largest absolute Gasteiger partial charge is 0.216 e. The van der Waals surface area contributed by atoms with E-state index in [0.717, 1.165) is 4.60 Å². The lowest BCUT2D eigenvalue weighted by Gasteiger charge is -1.77. The average Bonchev–Trinajstić information content (AvgIpc) is 1.87. The summed E-state index contributed by atoms with van der Waals surface area (Å²) < 4.78 is 2.24. The lowest BCUT2D eigenvalue weighted by molar-refractivity contribution is 1.00. The number of nitrogens with zero attached hydrogens (tertiary/aromatic N) is 2. The molecule has 2 nitrogen and oxygen atoms in total. The minimum absolute atomic E-state index is 0.808. The molecule has 0 bridgehead atoms. The van der Waals surface area contributed by atoms with Gasteiger partial charge in [0.15, 0.2) is 0 Å². The van der Waals surface area contributed by atoms with Crippen molar-refractivity contribution in [2.75, 3.05) is 0 Å². The Hall–Kier alpha value is 0.0400. The van der Waals surface area contributed by atoms with Crippen molar-refractivity contribution in [2.45, 2.75) is 0 Å². The number of thiol groups is 1.